The number of anilines is 2. The van der Waals surface area contributed by atoms with Crippen LogP contribution in [0.15, 0.2) is 121 Å². The van der Waals surface area contributed by atoms with Gasteiger partial charge in [-0.15, -0.1) is 49.2 Å². The van der Waals surface area contributed by atoms with Gasteiger partial charge in [-0.25, -0.2) is 41.9 Å². The largest absolute Gasteiger partial charge is 4.00 e. The summed E-state index contributed by atoms with van der Waals surface area (Å²) >= 11 is 0. The van der Waals surface area contributed by atoms with Crippen molar-refractivity contribution in [3.8, 4) is 0 Å². The van der Waals surface area contributed by atoms with Crippen LogP contribution in [0.3, 0.4) is 0 Å². The maximum atomic E-state index is 13.8. The van der Waals surface area contributed by atoms with Gasteiger partial charge in [0.2, 0.25) is 11.8 Å². The van der Waals surface area contributed by atoms with Crippen LogP contribution in [0.1, 0.15) is 61.3 Å². The molecule has 4 aromatic rings. The van der Waals surface area contributed by atoms with Gasteiger partial charge in [0.1, 0.15) is 0 Å². The molecule has 4 aromatic carbocycles. The number of carbonyl (C=O) groups is 2. The van der Waals surface area contributed by atoms with Crippen molar-refractivity contribution in [3.63, 3.8) is 0 Å². The summed E-state index contributed by atoms with van der Waals surface area (Å²) in [5.74, 6) is -3.99. The molecule has 2 aliphatic carbocycles. The standard InChI is InChI=1S/2C16H14F2NO.2C5H5.Ti/c2*1-11(2)19(15-9-8-13(17)10-14(15)18)16(20)12-6-4-3-5-7-12;2*1-2-4-5-3-1;/h2*3-9,11H,1-2H3;2*1-3H,4H2;/q4*-1;+4. The van der Waals surface area contributed by atoms with E-state index in [0.29, 0.717) is 11.1 Å². The van der Waals surface area contributed by atoms with Crippen LogP contribution < -0.4 is 9.80 Å². The summed E-state index contributed by atoms with van der Waals surface area (Å²) in [5.41, 5.74) is 0.945. The van der Waals surface area contributed by atoms with Crippen LogP contribution in [-0.2, 0) is 21.7 Å². The number of amides is 2. The Morgan fingerprint density at radius 2 is 0.922 bits per heavy atom. The van der Waals surface area contributed by atoms with Crippen molar-refractivity contribution in [3.05, 3.63) is 180 Å². The van der Waals surface area contributed by atoms with Gasteiger partial charge in [-0.3, -0.25) is 21.7 Å². The molecule has 6 rings (SSSR count). The molecule has 0 radical (unpaired) electrons. The molecule has 260 valence electrons. The molecule has 0 N–H and O–H groups in total. The first kappa shape index (κ1) is 42.4. The van der Waals surface area contributed by atoms with E-state index in [2.05, 4.69) is 24.3 Å². The molecule has 9 heteroatoms. The van der Waals surface area contributed by atoms with Crippen molar-refractivity contribution in [2.45, 2.75) is 52.6 Å². The van der Waals surface area contributed by atoms with E-state index in [-0.39, 0.29) is 57.0 Å². The third kappa shape index (κ3) is 13.5. The fourth-order valence-electron chi connectivity index (χ4n) is 4.61. The predicted molar refractivity (Wildman–Crippen MR) is 190 cm³/mol. The Hall–Kier alpha value is -4.79. The van der Waals surface area contributed by atoms with E-state index in [4.69, 9.17) is 0 Å². The normalized spacial score (nSPS) is 11.8. The summed E-state index contributed by atoms with van der Waals surface area (Å²) in [6.45, 7) is 7.07. The Labute approximate surface area is 313 Å². The minimum atomic E-state index is -0.872. The van der Waals surface area contributed by atoms with Gasteiger partial charge in [-0.2, -0.15) is 12.2 Å². The van der Waals surface area contributed by atoms with Gasteiger partial charge in [-0.1, -0.05) is 36.4 Å². The average molecular weight is 727 g/mol. The quantitative estimate of drug-likeness (QED) is 0.113. The first-order valence-electron chi connectivity index (χ1n) is 16.0. The van der Waals surface area contributed by atoms with Gasteiger partial charge in [0.05, 0.1) is 0 Å². The fourth-order valence-corrected chi connectivity index (χ4v) is 4.61. The number of benzene rings is 4. The van der Waals surface area contributed by atoms with Crippen molar-refractivity contribution in [1.29, 1.82) is 0 Å². The summed E-state index contributed by atoms with van der Waals surface area (Å²) in [4.78, 5) is 27.5. The second-order valence-electron chi connectivity index (χ2n) is 11.3. The van der Waals surface area contributed by atoms with Crippen LogP contribution in [-0.4, -0.2) is 23.9 Å². The molecular weight excluding hydrogens is 688 g/mol. The van der Waals surface area contributed by atoms with Gasteiger partial charge >= 0.3 is 21.7 Å². The Balaban J connectivity index is 0.000000273. The van der Waals surface area contributed by atoms with E-state index in [1.54, 1.807) is 88.4 Å². The molecular formula is C42H38F4N2O2Ti. The molecule has 2 amide bonds. The second kappa shape index (κ2) is 22.1. The van der Waals surface area contributed by atoms with Crippen LogP contribution in [0, 0.1) is 47.6 Å². The molecule has 0 fully saturated rings. The van der Waals surface area contributed by atoms with Gasteiger partial charge in [0.15, 0.2) is 0 Å². The molecule has 0 bridgehead atoms. The van der Waals surface area contributed by atoms with Crippen molar-refractivity contribution in [2.24, 2.45) is 0 Å². The molecule has 4 nitrogen and oxygen atoms in total. The molecule has 51 heavy (non-hydrogen) atoms. The van der Waals surface area contributed by atoms with Crippen LogP contribution >= 0.6 is 0 Å². The molecule has 0 unspecified atom stereocenters. The minimum absolute atomic E-state index is 0. The monoisotopic (exact) mass is 726 g/mol. The molecule has 0 aromatic heterocycles. The number of halogens is 4. The molecule has 0 aliphatic heterocycles. The summed E-state index contributed by atoms with van der Waals surface area (Å²) < 4.78 is 53.6. The Morgan fingerprint density at radius 1 is 0.569 bits per heavy atom. The van der Waals surface area contributed by atoms with Crippen molar-refractivity contribution in [1.82, 2.24) is 0 Å². The van der Waals surface area contributed by atoms with Crippen LogP contribution in [0.25, 0.3) is 0 Å². The Morgan fingerprint density at radius 3 is 1.16 bits per heavy atom. The van der Waals surface area contributed by atoms with Crippen LogP contribution in [0.5, 0.6) is 0 Å². The first-order chi connectivity index (χ1) is 24.0. The third-order valence-electron chi connectivity index (χ3n) is 6.89. The molecule has 0 saturated carbocycles. The number of hydrogen-bond acceptors (Lipinski definition) is 2. The van der Waals surface area contributed by atoms with E-state index >= 15 is 0 Å². The summed E-state index contributed by atoms with van der Waals surface area (Å²) in [5, 5.41) is 0. The second-order valence-corrected chi connectivity index (χ2v) is 11.3. The summed E-state index contributed by atoms with van der Waals surface area (Å²) in [6.07, 6.45) is 20.0. The molecule has 0 heterocycles. The van der Waals surface area contributed by atoms with Crippen molar-refractivity contribution < 1.29 is 48.9 Å². The SMILES string of the molecule is CC(C)N(C(=O)c1ccccc1)c1ccc(F)[c-]c1F.CC(C)N(C(=O)c1ccccc1)c1ccc(F)[c-]c1F.[C-]1=CC=CC1.[C-]1=CC=CC1.[Ti+4]. The summed E-state index contributed by atoms with van der Waals surface area (Å²) in [7, 11) is 0. The predicted octanol–water partition coefficient (Wildman–Crippen LogP) is 10.2. The maximum Gasteiger partial charge on any atom is 4.00 e. The minimum Gasteiger partial charge on any atom is -0.357 e. The Kier molecular flexibility index (Phi) is 18.4. The zero-order valence-electron chi connectivity index (χ0n) is 28.8. The smallest absolute Gasteiger partial charge is 0.357 e. The molecule has 0 atom stereocenters. The van der Waals surface area contributed by atoms with Crippen molar-refractivity contribution >= 4 is 23.2 Å². The number of hydrogen-bond donors (Lipinski definition) is 0. The Bertz CT molecular complexity index is 1650. The van der Waals surface area contributed by atoms with Gasteiger partial charge in [0.25, 0.3) is 0 Å². The molecule has 0 spiro atoms. The fraction of sp³-hybridized carbons (Fsp3) is 0.190. The van der Waals surface area contributed by atoms with E-state index in [9.17, 15) is 27.2 Å². The maximum absolute atomic E-state index is 13.8. The van der Waals surface area contributed by atoms with Crippen molar-refractivity contribution in [2.75, 3.05) is 9.80 Å². The van der Waals surface area contributed by atoms with E-state index in [0.717, 1.165) is 25.0 Å². The zero-order valence-corrected chi connectivity index (χ0v) is 30.4. The number of rotatable bonds is 6. The third-order valence-corrected chi connectivity index (χ3v) is 6.89. The number of carbonyl (C=O) groups excluding carboxylic acids is 2. The molecule has 2 aliphatic rings. The molecule has 0 saturated heterocycles. The topological polar surface area (TPSA) is 40.6 Å². The van der Waals surface area contributed by atoms with Gasteiger partial charge in [-0.05, 0) is 63.3 Å². The van der Waals surface area contributed by atoms with E-state index in [1.807, 2.05) is 36.4 Å². The van der Waals surface area contributed by atoms with E-state index < -0.39 is 23.3 Å². The average Bonchev–Trinajstić information content (AvgIpc) is 3.88. The van der Waals surface area contributed by atoms with Crippen LogP contribution in [0.2, 0.25) is 0 Å². The van der Waals surface area contributed by atoms with E-state index in [1.165, 1.54) is 21.9 Å². The van der Waals surface area contributed by atoms with Crippen LogP contribution in [0.4, 0.5) is 28.9 Å². The number of nitrogens with zero attached hydrogens (tertiary/aromatic N) is 2. The first-order valence-corrected chi connectivity index (χ1v) is 16.0. The number of allylic oxidation sites excluding steroid dienone is 8. The van der Waals surface area contributed by atoms with Gasteiger partial charge in [0, 0.05) is 46.5 Å². The van der Waals surface area contributed by atoms with Gasteiger partial charge < -0.3 is 9.80 Å². The summed E-state index contributed by atoms with van der Waals surface area (Å²) in [6, 6.07) is 25.2. The zero-order chi connectivity index (χ0) is 36.5.